The van der Waals surface area contributed by atoms with Crippen LogP contribution < -0.4 is 9.88 Å². The van der Waals surface area contributed by atoms with Crippen LogP contribution in [0.5, 0.6) is 0 Å². The summed E-state index contributed by atoms with van der Waals surface area (Å²) in [6, 6.07) is 18.4. The van der Waals surface area contributed by atoms with Crippen LogP contribution in [-0.2, 0) is 29.2 Å². The highest BCUT2D eigenvalue weighted by Crippen LogP contribution is 2.26. The quantitative estimate of drug-likeness (QED) is 0.251. The van der Waals surface area contributed by atoms with Gasteiger partial charge in [-0.25, -0.2) is 13.5 Å². The minimum atomic E-state index is -0.356. The Labute approximate surface area is 217 Å². The number of carbonyl (C=O) groups is 1. The molecule has 4 rings (SSSR count). The number of imidazole rings is 1. The maximum Gasteiger partial charge on any atom is 0.266 e. The number of hydrogen-bond acceptors (Lipinski definition) is 2. The number of nitrogens with zero attached hydrogens (tertiary/aromatic N) is 2. The fraction of sp³-hybridized carbons (Fsp3) is 0.154. The van der Waals surface area contributed by atoms with E-state index in [2.05, 4.69) is 5.32 Å². The molecule has 1 unspecified atom stereocenters. The van der Waals surface area contributed by atoms with E-state index >= 15 is 0 Å². The zero-order chi connectivity index (χ0) is 24.8. The average molecular weight is 534 g/mol. The van der Waals surface area contributed by atoms with E-state index in [1.165, 1.54) is 24.3 Å². The fourth-order valence-electron chi connectivity index (χ4n) is 3.49. The third kappa shape index (κ3) is 7.29. The van der Waals surface area contributed by atoms with Crippen molar-refractivity contribution in [1.29, 1.82) is 0 Å². The van der Waals surface area contributed by atoms with Crippen LogP contribution in [0, 0.1) is 5.82 Å². The predicted octanol–water partition coefficient (Wildman–Crippen LogP) is 6.47. The normalized spacial score (nSPS) is 11.9. The summed E-state index contributed by atoms with van der Waals surface area (Å²) < 4.78 is 23.0. The first-order chi connectivity index (χ1) is 16.9. The van der Waals surface area contributed by atoms with Crippen molar-refractivity contribution >= 4 is 46.4 Å². The molecule has 5 nitrogen and oxygen atoms in total. The SMILES string of the molecule is O=C(C[n+]1ccn(CC(OCc2ccc(Cl)cc2Cl)c2ccc(Cl)cc2)c1)Nc1ccc(F)cc1. The van der Waals surface area contributed by atoms with Crippen molar-refractivity contribution in [1.82, 2.24) is 4.57 Å². The number of halogens is 4. The van der Waals surface area contributed by atoms with E-state index < -0.39 is 0 Å². The number of amides is 1. The van der Waals surface area contributed by atoms with Gasteiger partial charge in [-0.05, 0) is 59.7 Å². The van der Waals surface area contributed by atoms with Crippen LogP contribution in [0.2, 0.25) is 15.1 Å². The minimum Gasteiger partial charge on any atom is -0.365 e. The maximum atomic E-state index is 13.1. The van der Waals surface area contributed by atoms with Gasteiger partial charge in [0.1, 0.15) is 30.9 Å². The number of ether oxygens (including phenoxy) is 1. The number of nitrogens with one attached hydrogen (secondary N) is 1. The lowest BCUT2D eigenvalue weighted by Gasteiger charge is -2.17. The highest BCUT2D eigenvalue weighted by atomic mass is 35.5. The van der Waals surface area contributed by atoms with Gasteiger partial charge < -0.3 is 10.1 Å². The molecule has 0 saturated heterocycles. The van der Waals surface area contributed by atoms with Crippen LogP contribution in [0.1, 0.15) is 17.2 Å². The van der Waals surface area contributed by atoms with E-state index in [0.29, 0.717) is 33.9 Å². The molecule has 0 aliphatic rings. The number of benzene rings is 3. The zero-order valence-electron chi connectivity index (χ0n) is 18.5. The minimum absolute atomic E-state index is 0.108. The molecular formula is C26H22Cl3FN3O2+. The molecule has 0 fully saturated rings. The van der Waals surface area contributed by atoms with E-state index in [1.807, 2.05) is 47.4 Å². The third-order valence-electron chi connectivity index (χ3n) is 5.27. The van der Waals surface area contributed by atoms with Crippen molar-refractivity contribution < 1.29 is 18.5 Å². The van der Waals surface area contributed by atoms with Crippen LogP contribution in [0.25, 0.3) is 0 Å². The van der Waals surface area contributed by atoms with Gasteiger partial charge in [0.2, 0.25) is 6.33 Å². The van der Waals surface area contributed by atoms with Gasteiger partial charge in [0, 0.05) is 20.8 Å². The summed E-state index contributed by atoms with van der Waals surface area (Å²) >= 11 is 18.4. The van der Waals surface area contributed by atoms with Crippen molar-refractivity contribution in [2.75, 3.05) is 5.32 Å². The molecule has 1 aromatic heterocycles. The van der Waals surface area contributed by atoms with Gasteiger partial charge in [-0.3, -0.25) is 4.79 Å². The Bertz CT molecular complexity index is 1290. The van der Waals surface area contributed by atoms with Crippen molar-refractivity contribution in [2.24, 2.45) is 0 Å². The molecule has 1 amide bonds. The van der Waals surface area contributed by atoms with Crippen LogP contribution in [0.15, 0.2) is 85.5 Å². The molecule has 0 aliphatic carbocycles. The van der Waals surface area contributed by atoms with Gasteiger partial charge in [-0.1, -0.05) is 53.0 Å². The maximum absolute atomic E-state index is 13.1. The first-order valence-corrected chi connectivity index (χ1v) is 11.9. The topological polar surface area (TPSA) is 47.1 Å². The van der Waals surface area contributed by atoms with Crippen LogP contribution in [0.3, 0.4) is 0 Å². The van der Waals surface area contributed by atoms with Crippen molar-refractivity contribution in [3.05, 3.63) is 117 Å². The lowest BCUT2D eigenvalue weighted by atomic mass is 10.1. The van der Waals surface area contributed by atoms with Gasteiger partial charge in [-0.2, -0.15) is 0 Å². The summed E-state index contributed by atoms with van der Waals surface area (Å²) in [6.07, 6.45) is 5.20. The largest absolute Gasteiger partial charge is 0.365 e. The van der Waals surface area contributed by atoms with E-state index in [4.69, 9.17) is 39.5 Å². The third-order valence-corrected chi connectivity index (χ3v) is 6.11. The Hall–Kier alpha value is -2.90. The fourth-order valence-corrected chi connectivity index (χ4v) is 4.08. The van der Waals surface area contributed by atoms with E-state index in [-0.39, 0.29) is 24.4 Å². The Balaban J connectivity index is 1.43. The number of aromatic nitrogens is 2. The predicted molar refractivity (Wildman–Crippen MR) is 135 cm³/mol. The Morgan fingerprint density at radius 3 is 2.43 bits per heavy atom. The Morgan fingerprint density at radius 2 is 1.71 bits per heavy atom. The molecule has 0 bridgehead atoms. The highest BCUT2D eigenvalue weighted by molar-refractivity contribution is 6.35. The summed E-state index contributed by atoms with van der Waals surface area (Å²) in [5, 5.41) is 4.49. The average Bonchev–Trinajstić information content (AvgIpc) is 3.26. The molecule has 4 aromatic rings. The first kappa shape index (κ1) is 25.2. The summed E-state index contributed by atoms with van der Waals surface area (Å²) in [5.41, 5.74) is 2.32. The van der Waals surface area contributed by atoms with Gasteiger partial charge in [0.05, 0.1) is 6.61 Å². The molecule has 0 aliphatic heterocycles. The summed E-state index contributed by atoms with van der Waals surface area (Å²) in [5.74, 6) is -0.576. The molecule has 0 radical (unpaired) electrons. The molecule has 1 heterocycles. The highest BCUT2D eigenvalue weighted by Gasteiger charge is 2.18. The lowest BCUT2D eigenvalue weighted by Crippen LogP contribution is -2.38. The summed E-state index contributed by atoms with van der Waals surface area (Å²) in [7, 11) is 0. The van der Waals surface area contributed by atoms with Crippen molar-refractivity contribution in [3.8, 4) is 0 Å². The zero-order valence-corrected chi connectivity index (χ0v) is 20.8. The number of carbonyl (C=O) groups excluding carboxylic acids is 1. The van der Waals surface area contributed by atoms with Crippen LogP contribution >= 0.6 is 34.8 Å². The Kier molecular flexibility index (Phi) is 8.42. The number of anilines is 1. The van der Waals surface area contributed by atoms with Gasteiger partial charge in [0.15, 0.2) is 6.54 Å². The van der Waals surface area contributed by atoms with Gasteiger partial charge >= 0.3 is 0 Å². The second-order valence-electron chi connectivity index (χ2n) is 7.92. The second kappa shape index (κ2) is 11.7. The molecule has 0 saturated carbocycles. The van der Waals surface area contributed by atoms with Gasteiger partial charge in [-0.15, -0.1) is 0 Å². The molecule has 9 heteroatoms. The molecular weight excluding hydrogens is 512 g/mol. The molecule has 180 valence electrons. The summed E-state index contributed by atoms with van der Waals surface area (Å²) in [4.78, 5) is 12.4. The van der Waals surface area contributed by atoms with Crippen molar-refractivity contribution in [3.63, 3.8) is 0 Å². The van der Waals surface area contributed by atoms with Crippen LogP contribution in [0.4, 0.5) is 10.1 Å². The molecule has 3 aromatic carbocycles. The number of rotatable bonds is 9. The number of hydrogen-bond donors (Lipinski definition) is 1. The standard InChI is InChI=1S/C26H21Cl3FN3O2/c27-20-4-1-18(2-5-20)25(35-16-19-3-6-21(28)13-24(19)29)14-32-11-12-33(17-32)15-26(34)31-23-9-7-22(30)8-10-23/h1-13,17,25H,14-16H2/p+1. The monoisotopic (exact) mass is 532 g/mol. The second-order valence-corrected chi connectivity index (χ2v) is 9.20. The first-order valence-electron chi connectivity index (χ1n) is 10.8. The van der Waals surface area contributed by atoms with E-state index in [9.17, 15) is 9.18 Å². The smallest absolute Gasteiger partial charge is 0.266 e. The molecule has 1 atom stereocenters. The molecule has 1 N–H and O–H groups in total. The van der Waals surface area contributed by atoms with Crippen molar-refractivity contribution in [2.45, 2.75) is 25.8 Å². The molecule has 35 heavy (non-hydrogen) atoms. The summed E-state index contributed by atoms with van der Waals surface area (Å²) in [6.45, 7) is 0.904. The van der Waals surface area contributed by atoms with E-state index in [0.717, 1.165) is 11.1 Å². The van der Waals surface area contributed by atoms with E-state index in [1.54, 1.807) is 22.9 Å². The van der Waals surface area contributed by atoms with Gasteiger partial charge in [0.25, 0.3) is 5.91 Å². The van der Waals surface area contributed by atoms with Crippen LogP contribution in [-0.4, -0.2) is 10.5 Å². The lowest BCUT2D eigenvalue weighted by molar-refractivity contribution is -0.683. The molecule has 0 spiro atoms. The Morgan fingerprint density at radius 1 is 1.00 bits per heavy atom.